The third kappa shape index (κ3) is 4.26. The highest BCUT2D eigenvalue weighted by Crippen LogP contribution is 2.32. The predicted octanol–water partition coefficient (Wildman–Crippen LogP) is 0.739. The Balaban J connectivity index is 1.81. The lowest BCUT2D eigenvalue weighted by Crippen LogP contribution is -2.35. The second-order valence-corrected chi connectivity index (χ2v) is 5.44. The highest BCUT2D eigenvalue weighted by molar-refractivity contribution is 4.97. The molecule has 0 amide bonds. The van der Waals surface area contributed by atoms with E-state index in [1.165, 1.54) is 25.7 Å². The fraction of sp³-hybridized carbons (Fsp3) is 0.846. The van der Waals surface area contributed by atoms with E-state index in [1.807, 2.05) is 19.0 Å². The summed E-state index contributed by atoms with van der Waals surface area (Å²) in [6.07, 6.45) is 4.51. The molecule has 0 radical (unpaired) electrons. The van der Waals surface area contributed by atoms with Gasteiger partial charge >= 0.3 is 0 Å². The summed E-state index contributed by atoms with van der Waals surface area (Å²) >= 11 is 0. The van der Waals surface area contributed by atoms with E-state index in [9.17, 15) is 5.11 Å². The summed E-state index contributed by atoms with van der Waals surface area (Å²) in [5.74, 6) is 1.98. The maximum absolute atomic E-state index is 9.70. The molecule has 0 saturated heterocycles. The van der Waals surface area contributed by atoms with Gasteiger partial charge in [0.1, 0.15) is 0 Å². The Labute approximate surface area is 114 Å². The van der Waals surface area contributed by atoms with E-state index in [-0.39, 0.29) is 6.10 Å². The molecule has 0 aromatic carbocycles. The fourth-order valence-corrected chi connectivity index (χ4v) is 2.64. The zero-order valence-corrected chi connectivity index (χ0v) is 11.8. The molecular weight excluding hydrogens is 244 g/mol. The molecule has 0 spiro atoms. The first-order chi connectivity index (χ1) is 9.19. The number of likely N-dealkylation sites (N-methyl/N-ethyl adjacent to an activating group) is 2. The maximum Gasteiger partial charge on any atom is 0.240 e. The van der Waals surface area contributed by atoms with Crippen LogP contribution in [0.5, 0.6) is 0 Å². The summed E-state index contributed by atoms with van der Waals surface area (Å²) in [4.78, 5) is 6.46. The molecule has 108 valence electrons. The van der Waals surface area contributed by atoms with Crippen molar-refractivity contribution in [1.29, 1.82) is 0 Å². The summed E-state index contributed by atoms with van der Waals surface area (Å²) in [5.41, 5.74) is 0. The smallest absolute Gasteiger partial charge is 0.240 e. The monoisotopic (exact) mass is 268 g/mol. The quantitative estimate of drug-likeness (QED) is 0.760. The minimum Gasteiger partial charge on any atom is -0.390 e. The van der Waals surface area contributed by atoms with Crippen molar-refractivity contribution in [2.24, 2.45) is 0 Å². The van der Waals surface area contributed by atoms with Gasteiger partial charge in [0.25, 0.3) is 0 Å². The van der Waals surface area contributed by atoms with Gasteiger partial charge in [-0.05, 0) is 26.9 Å². The number of nitrogens with zero attached hydrogens (tertiary/aromatic N) is 3. The van der Waals surface area contributed by atoms with Crippen molar-refractivity contribution in [3.8, 4) is 0 Å². The van der Waals surface area contributed by atoms with Gasteiger partial charge in [-0.15, -0.1) is 0 Å². The first-order valence-corrected chi connectivity index (χ1v) is 7.02. The van der Waals surface area contributed by atoms with Crippen LogP contribution in [-0.4, -0.2) is 53.4 Å². The molecule has 2 rings (SSSR count). The number of aliphatic hydroxyl groups is 1. The Kier molecular flexibility index (Phi) is 5.30. The van der Waals surface area contributed by atoms with Crippen LogP contribution >= 0.6 is 0 Å². The number of hydrogen-bond acceptors (Lipinski definition) is 6. The van der Waals surface area contributed by atoms with Crippen molar-refractivity contribution in [3.05, 3.63) is 11.7 Å². The summed E-state index contributed by atoms with van der Waals surface area (Å²) in [6.45, 7) is 1.75. The van der Waals surface area contributed by atoms with Crippen molar-refractivity contribution in [1.82, 2.24) is 20.4 Å². The van der Waals surface area contributed by atoms with Crippen molar-refractivity contribution in [3.63, 3.8) is 0 Å². The second-order valence-electron chi connectivity index (χ2n) is 5.44. The van der Waals surface area contributed by atoms with Gasteiger partial charge in [0, 0.05) is 19.0 Å². The Hall–Kier alpha value is -0.980. The van der Waals surface area contributed by atoms with Crippen LogP contribution in [-0.2, 0) is 6.54 Å². The van der Waals surface area contributed by atoms with Crippen LogP contribution in [0.25, 0.3) is 0 Å². The predicted molar refractivity (Wildman–Crippen MR) is 71.8 cm³/mol. The minimum atomic E-state index is -0.382. The van der Waals surface area contributed by atoms with Gasteiger partial charge in [-0.25, -0.2) is 0 Å². The summed E-state index contributed by atoms with van der Waals surface area (Å²) in [7, 11) is 3.77. The van der Waals surface area contributed by atoms with E-state index in [4.69, 9.17) is 4.52 Å². The molecule has 6 heteroatoms. The van der Waals surface area contributed by atoms with Crippen molar-refractivity contribution < 1.29 is 9.63 Å². The number of hydrogen-bond donors (Lipinski definition) is 2. The Morgan fingerprint density at radius 1 is 1.47 bits per heavy atom. The highest BCUT2D eigenvalue weighted by Gasteiger charge is 2.22. The van der Waals surface area contributed by atoms with Gasteiger partial charge in [0.05, 0.1) is 12.6 Å². The highest BCUT2D eigenvalue weighted by atomic mass is 16.5. The molecule has 0 aliphatic heterocycles. The van der Waals surface area contributed by atoms with E-state index in [0.717, 1.165) is 5.82 Å². The molecule has 1 aliphatic rings. The average Bonchev–Trinajstić information content (AvgIpc) is 2.98. The molecule has 1 aliphatic carbocycles. The molecule has 1 unspecified atom stereocenters. The van der Waals surface area contributed by atoms with Crippen LogP contribution in [0.4, 0.5) is 0 Å². The van der Waals surface area contributed by atoms with Crippen molar-refractivity contribution in [2.75, 3.05) is 27.2 Å². The van der Waals surface area contributed by atoms with E-state index < -0.39 is 0 Å². The molecule has 1 aromatic heterocycles. The van der Waals surface area contributed by atoms with Crippen LogP contribution in [0.15, 0.2) is 4.52 Å². The van der Waals surface area contributed by atoms with Crippen LogP contribution in [0, 0.1) is 0 Å². The van der Waals surface area contributed by atoms with Crippen LogP contribution < -0.4 is 5.32 Å². The standard InChI is InChI=1S/C13H24N4O2/c1-14-7-11(18)8-17(2)9-12-15-13(16-19-12)10-5-3-4-6-10/h10-11,14,18H,3-9H2,1-2H3. The topological polar surface area (TPSA) is 74.4 Å². The third-order valence-corrected chi connectivity index (χ3v) is 3.57. The third-order valence-electron chi connectivity index (χ3n) is 3.57. The molecule has 19 heavy (non-hydrogen) atoms. The molecule has 0 bridgehead atoms. The first-order valence-electron chi connectivity index (χ1n) is 7.02. The molecule has 1 saturated carbocycles. The SMILES string of the molecule is CNCC(O)CN(C)Cc1nc(C2CCCC2)no1. The lowest BCUT2D eigenvalue weighted by atomic mass is 10.1. The normalized spacial score (nSPS) is 18.3. The molecule has 1 fully saturated rings. The van der Waals surface area contributed by atoms with Gasteiger partial charge < -0.3 is 14.9 Å². The lowest BCUT2D eigenvalue weighted by Gasteiger charge is -2.18. The fourth-order valence-electron chi connectivity index (χ4n) is 2.64. The average molecular weight is 268 g/mol. The molecule has 6 nitrogen and oxygen atoms in total. The van der Waals surface area contributed by atoms with Gasteiger partial charge in [-0.1, -0.05) is 18.0 Å². The van der Waals surface area contributed by atoms with Gasteiger partial charge in [-0.2, -0.15) is 4.98 Å². The molecule has 2 N–H and O–H groups in total. The van der Waals surface area contributed by atoms with Crippen molar-refractivity contribution >= 4 is 0 Å². The van der Waals surface area contributed by atoms with Crippen molar-refractivity contribution in [2.45, 2.75) is 44.2 Å². The first kappa shape index (κ1) is 14.4. The zero-order chi connectivity index (χ0) is 13.7. The number of rotatable bonds is 7. The van der Waals surface area contributed by atoms with Crippen LogP contribution in [0.3, 0.4) is 0 Å². The van der Waals surface area contributed by atoms with Gasteiger partial charge in [-0.3, -0.25) is 4.90 Å². The van der Waals surface area contributed by atoms with E-state index in [2.05, 4.69) is 15.5 Å². The largest absolute Gasteiger partial charge is 0.390 e. The lowest BCUT2D eigenvalue weighted by molar-refractivity contribution is 0.117. The summed E-state index contributed by atoms with van der Waals surface area (Å²) in [6, 6.07) is 0. The second kappa shape index (κ2) is 6.98. The molecular formula is C13H24N4O2. The zero-order valence-electron chi connectivity index (χ0n) is 11.8. The van der Waals surface area contributed by atoms with E-state index >= 15 is 0 Å². The minimum absolute atomic E-state index is 0.382. The summed E-state index contributed by atoms with van der Waals surface area (Å²) in [5, 5.41) is 16.7. The van der Waals surface area contributed by atoms with Gasteiger partial charge in [0.15, 0.2) is 5.82 Å². The Morgan fingerprint density at radius 3 is 2.89 bits per heavy atom. The Bertz CT molecular complexity index is 376. The van der Waals surface area contributed by atoms with E-state index in [1.54, 1.807) is 0 Å². The van der Waals surface area contributed by atoms with Crippen LogP contribution in [0.2, 0.25) is 0 Å². The van der Waals surface area contributed by atoms with Crippen LogP contribution in [0.1, 0.15) is 43.3 Å². The Morgan fingerprint density at radius 2 is 2.21 bits per heavy atom. The molecule has 1 heterocycles. The summed E-state index contributed by atoms with van der Waals surface area (Å²) < 4.78 is 5.29. The van der Waals surface area contributed by atoms with Gasteiger partial charge in [0.2, 0.25) is 5.89 Å². The number of aliphatic hydroxyl groups excluding tert-OH is 1. The number of nitrogens with one attached hydrogen (secondary N) is 1. The maximum atomic E-state index is 9.70. The molecule has 1 atom stereocenters. The van der Waals surface area contributed by atoms with E-state index in [0.29, 0.717) is 31.4 Å². The number of aromatic nitrogens is 2. The molecule has 1 aromatic rings.